The highest BCUT2D eigenvalue weighted by Gasteiger charge is 2.12. The minimum absolute atomic E-state index is 0.0572. The Kier molecular flexibility index (Phi) is 5.16. The molecule has 0 aromatic heterocycles. The van der Waals surface area contributed by atoms with Gasteiger partial charge in [-0.1, -0.05) is 41.9 Å². The van der Waals surface area contributed by atoms with Gasteiger partial charge in [-0.05, 0) is 36.8 Å². The summed E-state index contributed by atoms with van der Waals surface area (Å²) in [6, 6.07) is 16.7. The molecule has 2 aromatic rings. The summed E-state index contributed by atoms with van der Waals surface area (Å²) in [5.74, 6) is -0.0572. The van der Waals surface area contributed by atoms with E-state index in [2.05, 4.69) is 10.6 Å². The molecule has 20 heavy (non-hydrogen) atoms. The number of nitrogens with one attached hydrogen (secondary N) is 2. The molecule has 0 saturated carbocycles. The molecule has 2 N–H and O–H groups in total. The average Bonchev–Trinajstić information content (AvgIpc) is 2.46. The first-order valence-corrected chi connectivity index (χ1v) is 6.86. The first kappa shape index (κ1) is 14.6. The maximum atomic E-state index is 12.0. The Hall–Kier alpha value is -1.84. The predicted molar refractivity (Wildman–Crippen MR) is 82.8 cm³/mol. The lowest BCUT2D eigenvalue weighted by atomic mass is 10.2. The molecule has 0 bridgehead atoms. The summed E-state index contributed by atoms with van der Waals surface area (Å²) in [4.78, 5) is 12.0. The van der Waals surface area contributed by atoms with Crippen LogP contribution in [-0.4, -0.2) is 11.9 Å². The molecule has 0 spiro atoms. The summed E-state index contributed by atoms with van der Waals surface area (Å²) in [7, 11) is 0. The summed E-state index contributed by atoms with van der Waals surface area (Å²) in [6.07, 6.45) is 0. The lowest BCUT2D eigenvalue weighted by molar-refractivity contribution is -0.117. The topological polar surface area (TPSA) is 41.1 Å². The van der Waals surface area contributed by atoms with Gasteiger partial charge in [-0.25, -0.2) is 0 Å². The van der Waals surface area contributed by atoms with E-state index >= 15 is 0 Å². The van der Waals surface area contributed by atoms with Crippen LogP contribution in [0.4, 0.5) is 5.69 Å². The Morgan fingerprint density at radius 3 is 2.60 bits per heavy atom. The molecule has 0 radical (unpaired) electrons. The third kappa shape index (κ3) is 4.37. The number of rotatable bonds is 5. The van der Waals surface area contributed by atoms with Gasteiger partial charge < -0.3 is 10.6 Å². The fourth-order valence-electron chi connectivity index (χ4n) is 1.78. The molecule has 2 aromatic carbocycles. The minimum Gasteiger partial charge on any atom is -0.325 e. The van der Waals surface area contributed by atoms with Crippen molar-refractivity contribution in [1.29, 1.82) is 0 Å². The van der Waals surface area contributed by atoms with Crippen LogP contribution in [-0.2, 0) is 11.3 Å². The van der Waals surface area contributed by atoms with E-state index in [1.165, 1.54) is 0 Å². The molecular weight excluding hydrogens is 272 g/mol. The molecule has 4 heteroatoms. The van der Waals surface area contributed by atoms with E-state index in [-0.39, 0.29) is 11.9 Å². The van der Waals surface area contributed by atoms with Crippen molar-refractivity contribution in [3.05, 3.63) is 65.2 Å². The van der Waals surface area contributed by atoms with Crippen LogP contribution in [0.1, 0.15) is 12.5 Å². The molecule has 104 valence electrons. The zero-order chi connectivity index (χ0) is 14.4. The Morgan fingerprint density at radius 2 is 1.90 bits per heavy atom. The lowest BCUT2D eigenvalue weighted by Gasteiger charge is -2.14. The molecule has 3 nitrogen and oxygen atoms in total. The van der Waals surface area contributed by atoms with Crippen molar-refractivity contribution in [2.75, 3.05) is 5.32 Å². The van der Waals surface area contributed by atoms with Gasteiger partial charge in [0, 0.05) is 17.3 Å². The minimum atomic E-state index is -0.283. The van der Waals surface area contributed by atoms with E-state index in [0.717, 1.165) is 11.3 Å². The molecular formula is C16H17ClN2O. The largest absolute Gasteiger partial charge is 0.325 e. The molecule has 0 aliphatic rings. The second kappa shape index (κ2) is 7.08. The third-order valence-electron chi connectivity index (χ3n) is 2.94. The Balaban J connectivity index is 1.85. The van der Waals surface area contributed by atoms with Crippen molar-refractivity contribution in [1.82, 2.24) is 5.32 Å². The van der Waals surface area contributed by atoms with E-state index in [1.807, 2.05) is 61.5 Å². The van der Waals surface area contributed by atoms with Crippen LogP contribution in [0.5, 0.6) is 0 Å². The van der Waals surface area contributed by atoms with Gasteiger partial charge in [0.05, 0.1) is 6.04 Å². The van der Waals surface area contributed by atoms with Crippen LogP contribution in [0.3, 0.4) is 0 Å². The van der Waals surface area contributed by atoms with Gasteiger partial charge in [0.15, 0.2) is 0 Å². The van der Waals surface area contributed by atoms with Crippen LogP contribution in [0, 0.1) is 0 Å². The number of hydrogen-bond donors (Lipinski definition) is 2. The fraction of sp³-hybridized carbons (Fsp3) is 0.188. The van der Waals surface area contributed by atoms with Crippen molar-refractivity contribution in [3.63, 3.8) is 0 Å². The van der Waals surface area contributed by atoms with Crippen LogP contribution < -0.4 is 10.6 Å². The monoisotopic (exact) mass is 288 g/mol. The molecule has 1 amide bonds. The number of amides is 1. The Bertz CT molecular complexity index is 572. The number of hydrogen-bond acceptors (Lipinski definition) is 2. The Labute approximate surface area is 124 Å². The number of para-hydroxylation sites is 1. The van der Waals surface area contributed by atoms with Gasteiger partial charge in [0.2, 0.25) is 5.91 Å². The molecule has 0 aliphatic carbocycles. The van der Waals surface area contributed by atoms with Crippen molar-refractivity contribution in [3.8, 4) is 0 Å². The molecule has 0 fully saturated rings. The number of anilines is 1. The molecule has 1 atom stereocenters. The predicted octanol–water partition coefficient (Wildman–Crippen LogP) is 3.46. The Morgan fingerprint density at radius 1 is 1.15 bits per heavy atom. The van der Waals surface area contributed by atoms with E-state index in [0.29, 0.717) is 11.6 Å². The molecule has 2 rings (SSSR count). The van der Waals surface area contributed by atoms with Gasteiger partial charge in [-0.2, -0.15) is 0 Å². The molecule has 1 unspecified atom stereocenters. The highest BCUT2D eigenvalue weighted by atomic mass is 35.5. The third-order valence-corrected chi connectivity index (χ3v) is 3.17. The fourth-order valence-corrected chi connectivity index (χ4v) is 2.00. The number of halogens is 1. The quantitative estimate of drug-likeness (QED) is 0.885. The summed E-state index contributed by atoms with van der Waals surface area (Å²) in [5, 5.41) is 6.74. The van der Waals surface area contributed by atoms with E-state index < -0.39 is 0 Å². The molecule has 0 aliphatic heterocycles. The van der Waals surface area contributed by atoms with E-state index in [4.69, 9.17) is 11.6 Å². The second-order valence-corrected chi connectivity index (χ2v) is 5.02. The molecule has 0 saturated heterocycles. The number of carbonyl (C=O) groups excluding carboxylic acids is 1. The van der Waals surface area contributed by atoms with Crippen LogP contribution in [0.25, 0.3) is 0 Å². The summed E-state index contributed by atoms with van der Waals surface area (Å²) in [6.45, 7) is 2.44. The summed E-state index contributed by atoms with van der Waals surface area (Å²) in [5.41, 5.74) is 1.85. The van der Waals surface area contributed by atoms with Gasteiger partial charge in [0.25, 0.3) is 0 Å². The summed E-state index contributed by atoms with van der Waals surface area (Å²) < 4.78 is 0. The van der Waals surface area contributed by atoms with Crippen molar-refractivity contribution in [2.45, 2.75) is 19.5 Å². The maximum Gasteiger partial charge on any atom is 0.241 e. The maximum absolute atomic E-state index is 12.0. The zero-order valence-corrected chi connectivity index (χ0v) is 12.0. The van der Waals surface area contributed by atoms with Crippen LogP contribution in [0.2, 0.25) is 5.02 Å². The van der Waals surface area contributed by atoms with E-state index in [1.54, 1.807) is 0 Å². The number of benzene rings is 2. The van der Waals surface area contributed by atoms with Crippen molar-refractivity contribution >= 4 is 23.2 Å². The summed E-state index contributed by atoms with van der Waals surface area (Å²) >= 11 is 5.92. The normalized spacial score (nSPS) is 11.9. The highest BCUT2D eigenvalue weighted by Crippen LogP contribution is 2.10. The van der Waals surface area contributed by atoms with Gasteiger partial charge in [-0.3, -0.25) is 4.79 Å². The number of carbonyl (C=O) groups is 1. The SMILES string of the molecule is CC(NCc1cccc(Cl)c1)C(=O)Nc1ccccc1. The highest BCUT2D eigenvalue weighted by molar-refractivity contribution is 6.30. The first-order chi connectivity index (χ1) is 9.65. The van der Waals surface area contributed by atoms with E-state index in [9.17, 15) is 4.79 Å². The van der Waals surface area contributed by atoms with Gasteiger partial charge >= 0.3 is 0 Å². The van der Waals surface area contributed by atoms with Crippen LogP contribution >= 0.6 is 11.6 Å². The van der Waals surface area contributed by atoms with Crippen LogP contribution in [0.15, 0.2) is 54.6 Å². The standard InChI is InChI=1S/C16H17ClN2O/c1-12(16(20)19-15-8-3-2-4-9-15)18-11-13-6-5-7-14(17)10-13/h2-10,12,18H,11H2,1H3,(H,19,20). The lowest BCUT2D eigenvalue weighted by Crippen LogP contribution is -2.37. The average molecular weight is 289 g/mol. The van der Waals surface area contributed by atoms with Crippen molar-refractivity contribution in [2.24, 2.45) is 0 Å². The van der Waals surface area contributed by atoms with Crippen molar-refractivity contribution < 1.29 is 4.79 Å². The second-order valence-electron chi connectivity index (χ2n) is 4.59. The van der Waals surface area contributed by atoms with Gasteiger partial charge in [-0.15, -0.1) is 0 Å². The van der Waals surface area contributed by atoms with Gasteiger partial charge in [0.1, 0.15) is 0 Å². The molecule has 0 heterocycles. The smallest absolute Gasteiger partial charge is 0.241 e. The first-order valence-electron chi connectivity index (χ1n) is 6.49. The zero-order valence-electron chi connectivity index (χ0n) is 11.3.